The molecule has 0 heterocycles. The Kier molecular flexibility index (Phi) is 2.79. The van der Waals surface area contributed by atoms with Gasteiger partial charge < -0.3 is 5.11 Å². The fourth-order valence-corrected chi connectivity index (χ4v) is 0.140. The predicted molar refractivity (Wildman–Crippen MR) is 27.4 cm³/mol. The van der Waals surface area contributed by atoms with Gasteiger partial charge >= 0.3 is 5.97 Å². The fraction of sp³-hybridized carbons (Fsp3) is 0. The average Bonchev–Trinajstić information content (AvgIpc) is 1.65. The van der Waals surface area contributed by atoms with Gasteiger partial charge in [0, 0.05) is 5.54 Å². The Labute approximate surface area is 50.3 Å². The van der Waals surface area contributed by atoms with Crippen LogP contribution in [0.15, 0.2) is 10.6 Å². The summed E-state index contributed by atoms with van der Waals surface area (Å²) in [6.45, 7) is 0. The van der Waals surface area contributed by atoms with Crippen LogP contribution in [0.25, 0.3) is 0 Å². The molecule has 40 valence electrons. The Morgan fingerprint density at radius 2 is 2.14 bits per heavy atom. The standard InChI is InChI=1S/C3H2Cl2O2/c4-1-2(5)3(6)7/h1H,(H,6,7). The van der Waals surface area contributed by atoms with E-state index >= 15 is 0 Å². The molecule has 0 aromatic heterocycles. The van der Waals surface area contributed by atoms with Crippen molar-refractivity contribution in [2.24, 2.45) is 0 Å². The summed E-state index contributed by atoms with van der Waals surface area (Å²) in [5.74, 6) is -1.21. The Morgan fingerprint density at radius 1 is 1.71 bits per heavy atom. The molecule has 0 fully saturated rings. The van der Waals surface area contributed by atoms with Gasteiger partial charge in [-0.2, -0.15) is 0 Å². The largest absolute Gasteiger partial charge is 0.477 e. The van der Waals surface area contributed by atoms with Crippen molar-refractivity contribution in [1.82, 2.24) is 0 Å². The third-order valence-corrected chi connectivity index (χ3v) is 0.901. The molecule has 2 nitrogen and oxygen atoms in total. The zero-order valence-electron chi connectivity index (χ0n) is 3.19. The molecule has 0 aliphatic rings. The Bertz CT molecular complexity index is 108. The molecule has 0 amide bonds. The first-order chi connectivity index (χ1) is 3.18. The molecule has 0 rings (SSSR count). The Morgan fingerprint density at radius 3 is 2.14 bits per heavy atom. The van der Waals surface area contributed by atoms with Crippen LogP contribution >= 0.6 is 23.2 Å². The smallest absolute Gasteiger partial charge is 0.348 e. The van der Waals surface area contributed by atoms with Crippen LogP contribution in [-0.4, -0.2) is 11.1 Å². The molecule has 1 N–H and O–H groups in total. The number of carbonyl (C=O) groups is 1. The topological polar surface area (TPSA) is 37.3 Å². The minimum atomic E-state index is -1.21. The van der Waals surface area contributed by atoms with Crippen molar-refractivity contribution in [3.05, 3.63) is 10.6 Å². The van der Waals surface area contributed by atoms with Gasteiger partial charge in [0.1, 0.15) is 5.03 Å². The maximum atomic E-state index is 9.65. The maximum absolute atomic E-state index is 9.65. The van der Waals surface area contributed by atoms with Gasteiger partial charge in [0.25, 0.3) is 0 Å². The van der Waals surface area contributed by atoms with Crippen LogP contribution in [0.2, 0.25) is 0 Å². The van der Waals surface area contributed by atoms with Gasteiger partial charge in [-0.25, -0.2) is 4.79 Å². The molecule has 0 radical (unpaired) electrons. The molecule has 0 unspecified atom stereocenters. The Balaban J connectivity index is 3.82. The highest BCUT2D eigenvalue weighted by atomic mass is 35.5. The lowest BCUT2D eigenvalue weighted by Crippen LogP contribution is -1.91. The van der Waals surface area contributed by atoms with Gasteiger partial charge in [-0.1, -0.05) is 23.2 Å². The molecule has 0 spiro atoms. The van der Waals surface area contributed by atoms with E-state index in [1.165, 1.54) is 0 Å². The van der Waals surface area contributed by atoms with Crippen LogP contribution in [-0.2, 0) is 4.79 Å². The van der Waals surface area contributed by atoms with Gasteiger partial charge in [0.05, 0.1) is 0 Å². The van der Waals surface area contributed by atoms with Crippen LogP contribution in [0.4, 0.5) is 0 Å². The molecule has 0 aliphatic heterocycles. The minimum absolute atomic E-state index is 0.373. The monoisotopic (exact) mass is 140 g/mol. The van der Waals surface area contributed by atoms with Crippen LogP contribution in [0.5, 0.6) is 0 Å². The molecule has 0 aromatic carbocycles. The maximum Gasteiger partial charge on any atom is 0.348 e. The summed E-state index contributed by atoms with van der Waals surface area (Å²) in [5, 5.41) is 7.52. The van der Waals surface area contributed by atoms with Gasteiger partial charge in [-0.05, 0) is 0 Å². The first-order valence-electron chi connectivity index (χ1n) is 1.37. The van der Waals surface area contributed by atoms with E-state index in [1.54, 1.807) is 0 Å². The van der Waals surface area contributed by atoms with E-state index in [4.69, 9.17) is 28.3 Å². The van der Waals surface area contributed by atoms with Crippen molar-refractivity contribution in [3.8, 4) is 0 Å². The first kappa shape index (κ1) is 6.79. The second-order valence-corrected chi connectivity index (χ2v) is 1.39. The van der Waals surface area contributed by atoms with Crippen molar-refractivity contribution in [2.75, 3.05) is 0 Å². The summed E-state index contributed by atoms with van der Waals surface area (Å²) < 4.78 is 0. The van der Waals surface area contributed by atoms with Crippen LogP contribution in [0.3, 0.4) is 0 Å². The highest BCUT2D eigenvalue weighted by molar-refractivity contribution is 6.45. The second-order valence-electron chi connectivity index (χ2n) is 0.762. The number of aliphatic carboxylic acids is 1. The molecule has 4 heteroatoms. The van der Waals surface area contributed by atoms with Crippen LogP contribution in [0.1, 0.15) is 0 Å². The summed E-state index contributed by atoms with van der Waals surface area (Å²) in [4.78, 5) is 9.65. The third kappa shape index (κ3) is 2.48. The highest BCUT2D eigenvalue weighted by Gasteiger charge is 1.98. The van der Waals surface area contributed by atoms with Gasteiger partial charge in [-0.15, -0.1) is 0 Å². The number of hydrogen-bond donors (Lipinski definition) is 1. The van der Waals surface area contributed by atoms with Crippen LogP contribution in [0, 0.1) is 0 Å². The molecule has 0 saturated carbocycles. The molecular weight excluding hydrogens is 139 g/mol. The number of carboxylic acid groups (broad SMARTS) is 1. The lowest BCUT2D eigenvalue weighted by molar-refractivity contribution is -0.131. The predicted octanol–water partition coefficient (Wildman–Crippen LogP) is 1.39. The normalized spacial score (nSPS) is 11.4. The molecule has 0 aromatic rings. The summed E-state index contributed by atoms with van der Waals surface area (Å²) in [5.41, 5.74) is 0.796. The zero-order valence-corrected chi connectivity index (χ0v) is 4.70. The number of halogens is 2. The van der Waals surface area contributed by atoms with E-state index in [9.17, 15) is 4.79 Å². The molecule has 0 bridgehead atoms. The van der Waals surface area contributed by atoms with Crippen molar-refractivity contribution in [1.29, 1.82) is 0 Å². The Hall–Kier alpha value is -0.210. The lowest BCUT2D eigenvalue weighted by Gasteiger charge is -1.79. The first-order valence-corrected chi connectivity index (χ1v) is 2.19. The molecule has 0 atom stereocenters. The van der Waals surface area contributed by atoms with Gasteiger partial charge in [0.2, 0.25) is 0 Å². The highest BCUT2D eigenvalue weighted by Crippen LogP contribution is 2.00. The minimum Gasteiger partial charge on any atom is -0.477 e. The van der Waals surface area contributed by atoms with Crippen molar-refractivity contribution >= 4 is 29.2 Å². The van der Waals surface area contributed by atoms with Crippen molar-refractivity contribution < 1.29 is 9.90 Å². The molecular formula is C3H2Cl2O2. The lowest BCUT2D eigenvalue weighted by atomic mass is 10.7. The summed E-state index contributed by atoms with van der Waals surface area (Å²) >= 11 is 9.80. The zero-order chi connectivity index (χ0) is 5.86. The van der Waals surface area contributed by atoms with Gasteiger partial charge in [0.15, 0.2) is 0 Å². The molecule has 7 heavy (non-hydrogen) atoms. The number of hydrogen-bond acceptors (Lipinski definition) is 1. The SMILES string of the molecule is O=C(O)C(Cl)=CCl. The summed E-state index contributed by atoms with van der Waals surface area (Å²) in [6, 6.07) is 0. The summed E-state index contributed by atoms with van der Waals surface area (Å²) in [7, 11) is 0. The van der Waals surface area contributed by atoms with Crippen LogP contribution < -0.4 is 0 Å². The quantitative estimate of drug-likeness (QED) is 0.560. The van der Waals surface area contributed by atoms with Gasteiger partial charge in [-0.3, -0.25) is 0 Å². The number of carboxylic acids is 1. The fourth-order valence-electron chi connectivity index (χ4n) is 0.0467. The number of rotatable bonds is 1. The average molecular weight is 141 g/mol. The van der Waals surface area contributed by atoms with E-state index in [2.05, 4.69) is 0 Å². The van der Waals surface area contributed by atoms with Crippen molar-refractivity contribution in [2.45, 2.75) is 0 Å². The van der Waals surface area contributed by atoms with E-state index in [0.29, 0.717) is 0 Å². The van der Waals surface area contributed by atoms with E-state index in [0.717, 1.165) is 5.54 Å². The third-order valence-electron chi connectivity index (χ3n) is 0.300. The second kappa shape index (κ2) is 2.88. The molecule has 0 aliphatic carbocycles. The van der Waals surface area contributed by atoms with E-state index in [-0.39, 0.29) is 5.03 Å². The molecule has 0 saturated heterocycles. The summed E-state index contributed by atoms with van der Waals surface area (Å²) in [6.07, 6.45) is 0. The van der Waals surface area contributed by atoms with E-state index in [1.807, 2.05) is 0 Å². The van der Waals surface area contributed by atoms with E-state index < -0.39 is 5.97 Å². The van der Waals surface area contributed by atoms with Crippen molar-refractivity contribution in [3.63, 3.8) is 0 Å².